The first-order valence-corrected chi connectivity index (χ1v) is 8.72. The van der Waals surface area contributed by atoms with Gasteiger partial charge in [-0.15, -0.1) is 0 Å². The summed E-state index contributed by atoms with van der Waals surface area (Å²) in [4.78, 5) is 26.8. The third-order valence-electron chi connectivity index (χ3n) is 4.00. The minimum absolute atomic E-state index is 0.171. The van der Waals surface area contributed by atoms with Gasteiger partial charge < -0.3 is 25.2 Å². The van der Waals surface area contributed by atoms with E-state index < -0.39 is 18.9 Å². The molecule has 2 heterocycles. The van der Waals surface area contributed by atoms with Gasteiger partial charge in [0.1, 0.15) is 23.7 Å². The van der Waals surface area contributed by atoms with Crippen LogP contribution >= 0.6 is 0 Å². The number of hydrogen-bond donors (Lipinski definition) is 3. The van der Waals surface area contributed by atoms with E-state index in [1.165, 1.54) is 19.4 Å². The second-order valence-electron chi connectivity index (χ2n) is 6.01. The Labute approximate surface area is 163 Å². The van der Waals surface area contributed by atoms with E-state index >= 15 is 0 Å². The molecule has 0 spiro atoms. The Bertz CT molecular complexity index is 791. The molecule has 1 aliphatic heterocycles. The monoisotopic (exact) mass is 387 g/mol. The molecule has 0 saturated heterocycles. The Morgan fingerprint density at radius 2 is 2.39 bits per heavy atom. The topological polar surface area (TPSA) is 120 Å². The van der Waals surface area contributed by atoms with Crippen molar-refractivity contribution in [3.05, 3.63) is 47.9 Å². The molecule has 0 aromatic carbocycles. The molecule has 150 valence electrons. The van der Waals surface area contributed by atoms with Crippen LogP contribution in [0.25, 0.3) is 0 Å². The van der Waals surface area contributed by atoms with Gasteiger partial charge in [-0.3, -0.25) is 14.8 Å². The number of ether oxygens (including phenoxy) is 1. The molecular weight excluding hydrogens is 362 g/mol. The first kappa shape index (κ1) is 21.3. The summed E-state index contributed by atoms with van der Waals surface area (Å²) in [5.41, 5.74) is 1.37. The summed E-state index contributed by atoms with van der Waals surface area (Å²) in [7, 11) is 1.40. The van der Waals surface area contributed by atoms with Gasteiger partial charge in [-0.25, -0.2) is 4.99 Å². The lowest BCUT2D eigenvalue weighted by molar-refractivity contribution is 0.0891. The fourth-order valence-electron chi connectivity index (χ4n) is 2.56. The van der Waals surface area contributed by atoms with Crippen molar-refractivity contribution < 1.29 is 19.7 Å². The van der Waals surface area contributed by atoms with Crippen LogP contribution in [0.3, 0.4) is 0 Å². The normalized spacial score (nSPS) is 17.8. The molecular formula is C19H25N5O4. The van der Waals surface area contributed by atoms with Crippen LogP contribution in [0.15, 0.2) is 46.7 Å². The van der Waals surface area contributed by atoms with Gasteiger partial charge in [-0.05, 0) is 18.6 Å². The van der Waals surface area contributed by atoms with E-state index in [0.29, 0.717) is 13.1 Å². The molecule has 1 aromatic heterocycles. The zero-order chi connectivity index (χ0) is 20.5. The standard InChI is InChI=1S/C19H25N5O4/c1-4-13(7-20-5-2)9-24-10-17(22-12-24)23-19(27)14-6-16(28-3)18(21-8-14)15(26)11-25/h4-8,12,15,17,25-26H,1,9-11H2,2-3H3,(H,23,27)/b13-7+,20-5?. The highest BCUT2D eigenvalue weighted by molar-refractivity contribution is 5.94. The number of amides is 1. The summed E-state index contributed by atoms with van der Waals surface area (Å²) in [5.74, 6) is -0.141. The number of aliphatic hydroxyl groups is 2. The summed E-state index contributed by atoms with van der Waals surface area (Å²) >= 11 is 0. The Morgan fingerprint density at radius 3 is 3.04 bits per heavy atom. The summed E-state index contributed by atoms with van der Waals surface area (Å²) in [6.07, 6.45) is 6.57. The number of hydrogen-bond acceptors (Lipinski definition) is 8. The molecule has 0 bridgehead atoms. The summed E-state index contributed by atoms with van der Waals surface area (Å²) in [6, 6.07) is 1.47. The molecule has 9 heteroatoms. The van der Waals surface area contributed by atoms with Crippen LogP contribution in [-0.2, 0) is 0 Å². The summed E-state index contributed by atoms with van der Waals surface area (Å²) in [6.45, 7) is 6.21. The maximum Gasteiger partial charge on any atom is 0.254 e. The minimum Gasteiger partial charge on any atom is -0.495 e. The molecule has 0 radical (unpaired) electrons. The van der Waals surface area contributed by atoms with Crippen molar-refractivity contribution in [3.8, 4) is 5.75 Å². The van der Waals surface area contributed by atoms with Crippen LogP contribution in [-0.4, -0.2) is 71.5 Å². The number of carbonyl (C=O) groups excluding carboxylic acids is 1. The second-order valence-corrected chi connectivity index (χ2v) is 6.01. The van der Waals surface area contributed by atoms with Gasteiger partial charge in [-0.2, -0.15) is 0 Å². The molecule has 3 N–H and O–H groups in total. The van der Waals surface area contributed by atoms with Crippen molar-refractivity contribution in [2.24, 2.45) is 9.98 Å². The number of pyridine rings is 1. The first-order chi connectivity index (χ1) is 13.5. The third-order valence-corrected chi connectivity index (χ3v) is 4.00. The van der Waals surface area contributed by atoms with Crippen molar-refractivity contribution in [1.82, 2.24) is 15.2 Å². The van der Waals surface area contributed by atoms with Crippen molar-refractivity contribution >= 4 is 18.5 Å². The lowest BCUT2D eigenvalue weighted by Crippen LogP contribution is -2.38. The van der Waals surface area contributed by atoms with Gasteiger partial charge in [0.15, 0.2) is 0 Å². The average Bonchev–Trinajstić information content (AvgIpc) is 3.16. The maximum absolute atomic E-state index is 12.5. The van der Waals surface area contributed by atoms with E-state index in [-0.39, 0.29) is 22.9 Å². The number of carbonyl (C=O) groups is 1. The number of aliphatic imine (C=N–C) groups is 2. The highest BCUT2D eigenvalue weighted by atomic mass is 16.5. The third kappa shape index (κ3) is 5.48. The Kier molecular flexibility index (Phi) is 7.85. The summed E-state index contributed by atoms with van der Waals surface area (Å²) in [5, 5.41) is 21.6. The predicted octanol–water partition coefficient (Wildman–Crippen LogP) is 0.676. The molecule has 0 aliphatic carbocycles. The van der Waals surface area contributed by atoms with Gasteiger partial charge in [0.2, 0.25) is 0 Å². The van der Waals surface area contributed by atoms with E-state index in [1.807, 2.05) is 11.8 Å². The van der Waals surface area contributed by atoms with E-state index in [9.17, 15) is 9.90 Å². The maximum atomic E-state index is 12.5. The van der Waals surface area contributed by atoms with Crippen LogP contribution in [0.2, 0.25) is 0 Å². The highest BCUT2D eigenvalue weighted by Gasteiger charge is 2.22. The molecule has 1 amide bonds. The lowest BCUT2D eigenvalue weighted by Gasteiger charge is -2.17. The van der Waals surface area contributed by atoms with Crippen molar-refractivity contribution in [3.63, 3.8) is 0 Å². The van der Waals surface area contributed by atoms with Crippen LogP contribution in [0.4, 0.5) is 0 Å². The predicted molar refractivity (Wildman–Crippen MR) is 107 cm³/mol. The molecule has 1 aromatic rings. The van der Waals surface area contributed by atoms with Gasteiger partial charge in [0.25, 0.3) is 5.91 Å². The molecule has 9 nitrogen and oxygen atoms in total. The van der Waals surface area contributed by atoms with Crippen molar-refractivity contribution in [2.45, 2.75) is 19.2 Å². The van der Waals surface area contributed by atoms with Crippen LogP contribution in [0.1, 0.15) is 29.1 Å². The number of methoxy groups -OCH3 is 1. The largest absolute Gasteiger partial charge is 0.495 e. The number of rotatable bonds is 9. The van der Waals surface area contributed by atoms with Crippen LogP contribution in [0, 0.1) is 0 Å². The van der Waals surface area contributed by atoms with Gasteiger partial charge >= 0.3 is 0 Å². The van der Waals surface area contributed by atoms with Gasteiger partial charge in [0, 0.05) is 25.2 Å². The zero-order valence-corrected chi connectivity index (χ0v) is 15.9. The van der Waals surface area contributed by atoms with E-state index in [4.69, 9.17) is 9.84 Å². The first-order valence-electron chi connectivity index (χ1n) is 8.72. The Hall–Kier alpha value is -3.04. The van der Waals surface area contributed by atoms with E-state index in [2.05, 4.69) is 26.9 Å². The van der Waals surface area contributed by atoms with Crippen molar-refractivity contribution in [1.29, 1.82) is 0 Å². The van der Waals surface area contributed by atoms with Crippen LogP contribution in [0.5, 0.6) is 5.75 Å². The summed E-state index contributed by atoms with van der Waals surface area (Å²) < 4.78 is 5.16. The van der Waals surface area contributed by atoms with E-state index in [1.54, 1.807) is 24.8 Å². The van der Waals surface area contributed by atoms with Crippen molar-refractivity contribution in [2.75, 3.05) is 26.8 Å². The molecule has 0 saturated carbocycles. The minimum atomic E-state index is -1.18. The SMILES string of the molecule is C=C/C(=C\N=CC)CN1C=NC(NC(=O)c2cnc(C(O)CO)c(OC)c2)C1. The number of aliphatic hydroxyl groups excluding tert-OH is 2. The van der Waals surface area contributed by atoms with Crippen LogP contribution < -0.4 is 10.1 Å². The molecule has 2 rings (SSSR count). The highest BCUT2D eigenvalue weighted by Crippen LogP contribution is 2.23. The van der Waals surface area contributed by atoms with E-state index in [0.717, 1.165) is 5.57 Å². The van der Waals surface area contributed by atoms with Gasteiger partial charge in [0.05, 0.1) is 32.2 Å². The molecule has 2 atom stereocenters. The molecule has 0 fully saturated rings. The lowest BCUT2D eigenvalue weighted by atomic mass is 10.1. The fraction of sp³-hybridized carbons (Fsp3) is 0.368. The number of aromatic nitrogens is 1. The number of nitrogens with zero attached hydrogens (tertiary/aromatic N) is 4. The molecule has 1 aliphatic rings. The Morgan fingerprint density at radius 1 is 1.61 bits per heavy atom. The van der Waals surface area contributed by atoms with Gasteiger partial charge in [-0.1, -0.05) is 12.7 Å². The molecule has 2 unspecified atom stereocenters. The molecule has 28 heavy (non-hydrogen) atoms. The fourth-order valence-corrected chi connectivity index (χ4v) is 2.56. The number of nitrogens with one attached hydrogen (secondary N) is 1. The Balaban J connectivity index is 1.99. The quantitative estimate of drug-likeness (QED) is 0.423. The second kappa shape index (κ2) is 10.3. The average molecular weight is 387 g/mol. The smallest absolute Gasteiger partial charge is 0.254 e. The zero-order valence-electron chi connectivity index (χ0n) is 15.9.